The summed E-state index contributed by atoms with van der Waals surface area (Å²) in [5.41, 5.74) is 0. The van der Waals surface area contributed by atoms with Gasteiger partial charge in [-0.15, -0.1) is 0 Å². The molecule has 0 aliphatic heterocycles. The van der Waals surface area contributed by atoms with Crippen molar-refractivity contribution >= 4 is 24.3 Å². The molecule has 142 valence electrons. The van der Waals surface area contributed by atoms with Crippen LogP contribution in [0.25, 0.3) is 0 Å². The van der Waals surface area contributed by atoms with E-state index in [4.69, 9.17) is 4.74 Å². The zero-order valence-corrected chi connectivity index (χ0v) is 18.5. The molecule has 0 aromatic carbocycles. The summed E-state index contributed by atoms with van der Waals surface area (Å²) in [4.78, 5) is 11.8. The quantitative estimate of drug-likeness (QED) is 0.192. The maximum absolute atomic E-state index is 13.9. The molecule has 0 N–H and O–H groups in total. The number of ether oxygens (including phenoxy) is 1. The number of alkyl halides is 3. The molecule has 0 amide bonds. The number of unbranched alkanes of at least 4 members (excludes halogenated alkanes) is 3. The summed E-state index contributed by atoms with van der Waals surface area (Å²) in [6, 6.07) is 0. The van der Waals surface area contributed by atoms with E-state index >= 15 is 0 Å². The third kappa shape index (κ3) is 8.25. The van der Waals surface area contributed by atoms with Crippen LogP contribution in [-0.4, -0.2) is 37.1 Å². The summed E-state index contributed by atoms with van der Waals surface area (Å²) in [5.74, 6) is -0.838. The van der Waals surface area contributed by atoms with Crippen LogP contribution < -0.4 is 0 Å². The van der Waals surface area contributed by atoms with Crippen LogP contribution >= 0.6 is 0 Å². The number of hydrogen-bond acceptors (Lipinski definition) is 2. The molecule has 0 aliphatic rings. The summed E-state index contributed by atoms with van der Waals surface area (Å²) in [7, 11) is 0. The zero-order valence-electron chi connectivity index (χ0n) is 15.6. The van der Waals surface area contributed by atoms with Crippen molar-refractivity contribution in [3.63, 3.8) is 0 Å². The Balaban J connectivity index is 5.93. The predicted octanol–water partition coefficient (Wildman–Crippen LogP) is 6.43. The summed E-state index contributed by atoms with van der Waals surface area (Å²) in [6.45, 7) is 7.75. The summed E-state index contributed by atoms with van der Waals surface area (Å²) in [5, 5.41) is 0. The van der Waals surface area contributed by atoms with Gasteiger partial charge >= 0.3 is 149 Å². The van der Waals surface area contributed by atoms with E-state index in [9.17, 15) is 18.0 Å². The fraction of sp³-hybridized carbons (Fsp3) is 0.833. The molecule has 0 rings (SSSR count). The van der Waals surface area contributed by atoms with E-state index in [2.05, 4.69) is 0 Å². The fourth-order valence-electron chi connectivity index (χ4n) is 3.16. The average Bonchev–Trinajstić information content (AvgIpc) is 2.52. The second-order valence-electron chi connectivity index (χ2n) is 6.40. The number of carbonyl (C=O) groups is 1. The van der Waals surface area contributed by atoms with Gasteiger partial charge in [-0.05, 0) is 0 Å². The molecule has 0 unspecified atom stereocenters. The SMILES string of the molecule is CCC[CH2][Sn]([CH2]CCC)([CH2]CCC)/[C](=C/C(=O)OCC)C(F)(F)F. The van der Waals surface area contributed by atoms with Crippen molar-refractivity contribution in [2.45, 2.75) is 85.7 Å². The Morgan fingerprint density at radius 1 is 0.917 bits per heavy atom. The van der Waals surface area contributed by atoms with E-state index in [1.165, 1.54) is 0 Å². The van der Waals surface area contributed by atoms with Crippen LogP contribution in [0, 0.1) is 0 Å². The van der Waals surface area contributed by atoms with Crippen molar-refractivity contribution in [2.24, 2.45) is 0 Å². The molecule has 6 heteroatoms. The number of halogens is 3. The van der Waals surface area contributed by atoms with Crippen LogP contribution in [0.5, 0.6) is 0 Å². The van der Waals surface area contributed by atoms with Gasteiger partial charge in [-0.3, -0.25) is 0 Å². The second kappa shape index (κ2) is 12.2. The minimum absolute atomic E-state index is 0.0991. The van der Waals surface area contributed by atoms with Crippen LogP contribution in [0.15, 0.2) is 9.67 Å². The average molecular weight is 457 g/mol. The van der Waals surface area contributed by atoms with Crippen LogP contribution in [-0.2, 0) is 9.53 Å². The van der Waals surface area contributed by atoms with Crippen molar-refractivity contribution in [3.05, 3.63) is 9.67 Å². The number of hydrogen-bond donors (Lipinski definition) is 0. The Labute approximate surface area is 149 Å². The Kier molecular flexibility index (Phi) is 12.1. The van der Waals surface area contributed by atoms with Gasteiger partial charge in [0.25, 0.3) is 0 Å². The van der Waals surface area contributed by atoms with E-state index in [0.717, 1.165) is 44.6 Å². The molecule has 0 saturated carbocycles. The molecular formula is C18H33F3O2Sn. The summed E-state index contributed by atoms with van der Waals surface area (Å²) in [6.07, 6.45) is 1.52. The number of rotatable bonds is 12. The Morgan fingerprint density at radius 2 is 1.33 bits per heavy atom. The molecule has 0 aliphatic carbocycles. The van der Waals surface area contributed by atoms with Crippen LogP contribution in [0.1, 0.15) is 66.2 Å². The molecule has 0 atom stereocenters. The maximum atomic E-state index is 13.9. The van der Waals surface area contributed by atoms with Crippen molar-refractivity contribution in [3.8, 4) is 0 Å². The molecule has 0 bridgehead atoms. The van der Waals surface area contributed by atoms with Gasteiger partial charge in [-0.1, -0.05) is 0 Å². The van der Waals surface area contributed by atoms with Crippen LogP contribution in [0.3, 0.4) is 0 Å². The molecule has 0 saturated heterocycles. The number of esters is 1. The van der Waals surface area contributed by atoms with E-state index in [1.54, 1.807) is 6.92 Å². The topological polar surface area (TPSA) is 26.3 Å². The monoisotopic (exact) mass is 458 g/mol. The molecule has 0 spiro atoms. The van der Waals surface area contributed by atoms with Crippen molar-refractivity contribution in [1.29, 1.82) is 0 Å². The fourth-order valence-corrected chi connectivity index (χ4v) is 19.4. The van der Waals surface area contributed by atoms with Crippen molar-refractivity contribution < 1.29 is 22.7 Å². The predicted molar refractivity (Wildman–Crippen MR) is 95.7 cm³/mol. The number of carbonyl (C=O) groups excluding carboxylic acids is 1. The first-order valence-electron chi connectivity index (χ1n) is 9.23. The molecule has 0 aromatic heterocycles. The summed E-state index contributed by atoms with van der Waals surface area (Å²) < 4.78 is 48.0. The first kappa shape index (κ1) is 23.8. The van der Waals surface area contributed by atoms with Crippen LogP contribution in [0.4, 0.5) is 13.2 Å². The molecule has 0 radical (unpaired) electrons. The molecule has 0 fully saturated rings. The van der Waals surface area contributed by atoms with E-state index in [1.807, 2.05) is 20.8 Å². The van der Waals surface area contributed by atoms with E-state index in [0.29, 0.717) is 13.3 Å². The molecule has 0 aromatic rings. The Morgan fingerprint density at radius 3 is 1.62 bits per heavy atom. The molecule has 2 nitrogen and oxygen atoms in total. The van der Waals surface area contributed by atoms with Gasteiger partial charge in [0.1, 0.15) is 0 Å². The molecular weight excluding hydrogens is 424 g/mol. The van der Waals surface area contributed by atoms with Crippen molar-refractivity contribution in [1.82, 2.24) is 0 Å². The third-order valence-electron chi connectivity index (χ3n) is 4.45. The van der Waals surface area contributed by atoms with Gasteiger partial charge in [-0.2, -0.15) is 0 Å². The van der Waals surface area contributed by atoms with Gasteiger partial charge < -0.3 is 0 Å². The Hall–Kier alpha value is -0.201. The summed E-state index contributed by atoms with van der Waals surface area (Å²) >= 11 is -3.70. The molecule has 24 heavy (non-hydrogen) atoms. The molecule has 0 heterocycles. The van der Waals surface area contributed by atoms with E-state index < -0.39 is 34.1 Å². The minimum atomic E-state index is -4.42. The van der Waals surface area contributed by atoms with Gasteiger partial charge in [0.05, 0.1) is 0 Å². The standard InChI is InChI=1S/C6H6F3O2.3C4H9.Sn/c1-2-11-5(10)3-4-6(7,8)9;3*1-3-4-2;/h3H,2H2,1H3;3*1,3-4H2,2H3;. The van der Waals surface area contributed by atoms with Gasteiger partial charge in [0.2, 0.25) is 0 Å². The zero-order chi connectivity index (χ0) is 18.6. The Bertz CT molecular complexity index is 370. The van der Waals surface area contributed by atoms with Gasteiger partial charge in [0.15, 0.2) is 0 Å². The first-order chi connectivity index (χ1) is 11.3. The van der Waals surface area contributed by atoms with Gasteiger partial charge in [0, 0.05) is 0 Å². The second-order valence-corrected chi connectivity index (χ2v) is 19.5. The number of allylic oxidation sites excluding steroid dienone is 1. The first-order valence-corrected chi connectivity index (χ1v) is 16.7. The van der Waals surface area contributed by atoms with E-state index in [-0.39, 0.29) is 6.61 Å². The normalized spacial score (nSPS) is 13.2. The third-order valence-corrected chi connectivity index (χ3v) is 20.2. The van der Waals surface area contributed by atoms with Crippen LogP contribution in [0.2, 0.25) is 13.3 Å². The van der Waals surface area contributed by atoms with Gasteiger partial charge in [-0.25, -0.2) is 0 Å². The van der Waals surface area contributed by atoms with Crippen molar-refractivity contribution in [2.75, 3.05) is 6.61 Å².